The lowest BCUT2D eigenvalue weighted by atomic mass is 10.2. The van der Waals surface area contributed by atoms with Gasteiger partial charge < -0.3 is 4.74 Å². The molecular formula is C15H13ClOS. The summed E-state index contributed by atoms with van der Waals surface area (Å²) in [5.74, 6) is 0. The summed E-state index contributed by atoms with van der Waals surface area (Å²) in [6.07, 6.45) is 0. The lowest BCUT2D eigenvalue weighted by Crippen LogP contribution is -1.90. The summed E-state index contributed by atoms with van der Waals surface area (Å²) in [5.41, 5.74) is 2.60. The summed E-state index contributed by atoms with van der Waals surface area (Å²) in [6.45, 7) is 0.527. The smallest absolute Gasteiger partial charge is 0.169 e. The van der Waals surface area contributed by atoms with Gasteiger partial charge in [-0.2, -0.15) is 0 Å². The third-order valence-electron chi connectivity index (χ3n) is 2.27. The highest BCUT2D eigenvalue weighted by atomic mass is 35.5. The standard InChI is InChI=1S/C15H13ClOS/c16-11-15(18-14-9-5-2-6-10-14)17-12-13-7-3-1-4-8-13/h1-11H,12H2/b15-11+. The molecule has 0 radical (unpaired) electrons. The van der Waals surface area contributed by atoms with Crippen LogP contribution in [0, 0.1) is 0 Å². The minimum absolute atomic E-state index is 0.527. The molecule has 0 aliphatic carbocycles. The van der Waals surface area contributed by atoms with Gasteiger partial charge in [-0.15, -0.1) is 0 Å². The predicted molar refractivity (Wildman–Crippen MR) is 77.5 cm³/mol. The van der Waals surface area contributed by atoms with Crippen molar-refractivity contribution in [2.24, 2.45) is 0 Å². The van der Waals surface area contributed by atoms with E-state index in [-0.39, 0.29) is 0 Å². The largest absolute Gasteiger partial charge is 0.481 e. The first-order valence-electron chi connectivity index (χ1n) is 5.58. The average molecular weight is 277 g/mol. The van der Waals surface area contributed by atoms with Crippen LogP contribution in [-0.2, 0) is 11.3 Å². The Labute approximate surface area is 116 Å². The molecule has 18 heavy (non-hydrogen) atoms. The fourth-order valence-electron chi connectivity index (χ4n) is 1.42. The fraction of sp³-hybridized carbons (Fsp3) is 0.0667. The van der Waals surface area contributed by atoms with Crippen LogP contribution in [0.1, 0.15) is 5.56 Å². The summed E-state index contributed by atoms with van der Waals surface area (Å²) in [7, 11) is 0. The predicted octanol–water partition coefficient (Wildman–Crippen LogP) is 5.03. The van der Waals surface area contributed by atoms with Gasteiger partial charge in [-0.25, -0.2) is 0 Å². The van der Waals surface area contributed by atoms with E-state index in [1.165, 1.54) is 17.3 Å². The van der Waals surface area contributed by atoms with Gasteiger partial charge in [0, 0.05) is 4.90 Å². The molecule has 2 rings (SSSR count). The first-order valence-corrected chi connectivity index (χ1v) is 6.84. The van der Waals surface area contributed by atoms with Crippen molar-refractivity contribution in [1.29, 1.82) is 0 Å². The van der Waals surface area contributed by atoms with E-state index in [4.69, 9.17) is 16.3 Å². The van der Waals surface area contributed by atoms with Gasteiger partial charge in [-0.05, 0) is 17.7 Å². The molecule has 1 nitrogen and oxygen atoms in total. The van der Waals surface area contributed by atoms with Gasteiger partial charge in [0.15, 0.2) is 5.09 Å². The SMILES string of the molecule is Cl/C=C(\OCc1ccccc1)Sc1ccccc1. The lowest BCUT2D eigenvalue weighted by molar-refractivity contribution is 0.226. The Morgan fingerprint density at radius 2 is 1.61 bits per heavy atom. The van der Waals surface area contributed by atoms with Gasteiger partial charge >= 0.3 is 0 Å². The molecule has 0 fully saturated rings. The van der Waals surface area contributed by atoms with Crippen LogP contribution in [-0.4, -0.2) is 0 Å². The number of halogens is 1. The molecule has 2 aromatic rings. The van der Waals surface area contributed by atoms with E-state index in [0.29, 0.717) is 11.7 Å². The van der Waals surface area contributed by atoms with Crippen LogP contribution >= 0.6 is 23.4 Å². The van der Waals surface area contributed by atoms with Crippen LogP contribution in [0.3, 0.4) is 0 Å². The zero-order valence-electron chi connectivity index (χ0n) is 9.75. The number of ether oxygens (including phenoxy) is 1. The topological polar surface area (TPSA) is 9.23 Å². The van der Waals surface area contributed by atoms with Gasteiger partial charge in [0.1, 0.15) is 6.61 Å². The molecule has 0 heterocycles. The van der Waals surface area contributed by atoms with Crippen molar-refractivity contribution in [3.05, 3.63) is 76.9 Å². The molecule has 0 unspecified atom stereocenters. The molecule has 0 aliphatic heterocycles. The molecule has 0 bridgehead atoms. The lowest BCUT2D eigenvalue weighted by Gasteiger charge is -2.09. The van der Waals surface area contributed by atoms with E-state index >= 15 is 0 Å². The number of rotatable bonds is 5. The third-order valence-corrected chi connectivity index (χ3v) is 3.55. The normalized spacial score (nSPS) is 11.3. The quantitative estimate of drug-likeness (QED) is 0.559. The maximum Gasteiger partial charge on any atom is 0.169 e. The average Bonchev–Trinajstić information content (AvgIpc) is 2.45. The molecule has 0 aliphatic rings. The van der Waals surface area contributed by atoms with E-state index in [2.05, 4.69) is 0 Å². The van der Waals surface area contributed by atoms with Gasteiger partial charge in [0.2, 0.25) is 0 Å². The Bertz CT molecular complexity index is 496. The molecule has 0 saturated heterocycles. The Kier molecular flexibility index (Phi) is 5.18. The molecule has 0 atom stereocenters. The van der Waals surface area contributed by atoms with Gasteiger partial charge in [0.25, 0.3) is 0 Å². The second kappa shape index (κ2) is 7.14. The fourth-order valence-corrected chi connectivity index (χ4v) is 2.30. The third kappa shape index (κ3) is 4.13. The summed E-state index contributed by atoms with van der Waals surface area (Å²) in [5, 5.41) is 0.701. The van der Waals surface area contributed by atoms with Crippen LogP contribution in [0.2, 0.25) is 0 Å². The van der Waals surface area contributed by atoms with Crippen LogP contribution in [0.15, 0.2) is 76.2 Å². The highest BCUT2D eigenvalue weighted by molar-refractivity contribution is 8.03. The van der Waals surface area contributed by atoms with Crippen molar-refractivity contribution < 1.29 is 4.74 Å². The number of hydrogen-bond acceptors (Lipinski definition) is 2. The van der Waals surface area contributed by atoms with Crippen LogP contribution in [0.4, 0.5) is 0 Å². The van der Waals surface area contributed by atoms with E-state index in [0.717, 1.165) is 10.5 Å². The van der Waals surface area contributed by atoms with Crippen molar-refractivity contribution >= 4 is 23.4 Å². The Morgan fingerprint density at radius 1 is 1.00 bits per heavy atom. The Hall–Kier alpha value is -1.38. The van der Waals surface area contributed by atoms with Crippen LogP contribution < -0.4 is 0 Å². The van der Waals surface area contributed by atoms with Crippen molar-refractivity contribution in [2.75, 3.05) is 0 Å². The number of hydrogen-bond donors (Lipinski definition) is 0. The minimum Gasteiger partial charge on any atom is -0.481 e. The number of benzene rings is 2. The molecule has 0 amide bonds. The summed E-state index contributed by atoms with van der Waals surface area (Å²) in [4.78, 5) is 1.11. The highest BCUT2D eigenvalue weighted by Crippen LogP contribution is 2.28. The van der Waals surface area contributed by atoms with Crippen LogP contribution in [0.5, 0.6) is 0 Å². The first kappa shape index (κ1) is 13.1. The second-order valence-electron chi connectivity index (χ2n) is 3.62. The van der Waals surface area contributed by atoms with E-state index in [9.17, 15) is 0 Å². The van der Waals surface area contributed by atoms with Gasteiger partial charge in [-0.3, -0.25) is 0 Å². The van der Waals surface area contributed by atoms with E-state index in [1.54, 1.807) is 0 Å². The van der Waals surface area contributed by atoms with Crippen molar-refractivity contribution in [3.63, 3.8) is 0 Å². The maximum atomic E-state index is 5.78. The summed E-state index contributed by atoms with van der Waals surface area (Å²) < 4.78 is 5.67. The highest BCUT2D eigenvalue weighted by Gasteiger charge is 2.02. The van der Waals surface area contributed by atoms with Crippen molar-refractivity contribution in [1.82, 2.24) is 0 Å². The molecule has 0 N–H and O–H groups in total. The van der Waals surface area contributed by atoms with E-state index in [1.807, 2.05) is 60.7 Å². The zero-order chi connectivity index (χ0) is 12.6. The molecule has 92 valence electrons. The van der Waals surface area contributed by atoms with Crippen molar-refractivity contribution in [3.8, 4) is 0 Å². The monoisotopic (exact) mass is 276 g/mol. The maximum absolute atomic E-state index is 5.78. The van der Waals surface area contributed by atoms with Crippen LogP contribution in [0.25, 0.3) is 0 Å². The molecular weight excluding hydrogens is 264 g/mol. The second-order valence-corrected chi connectivity index (χ2v) is 4.91. The molecule has 0 saturated carbocycles. The Morgan fingerprint density at radius 3 is 2.22 bits per heavy atom. The summed E-state index contributed by atoms with van der Waals surface area (Å²) >= 11 is 7.29. The zero-order valence-corrected chi connectivity index (χ0v) is 11.3. The molecule has 2 aromatic carbocycles. The van der Waals surface area contributed by atoms with E-state index < -0.39 is 0 Å². The molecule has 0 aromatic heterocycles. The van der Waals surface area contributed by atoms with Gasteiger partial charge in [-0.1, -0.05) is 71.9 Å². The molecule has 3 heteroatoms. The Balaban J connectivity index is 1.91. The van der Waals surface area contributed by atoms with Gasteiger partial charge in [0.05, 0.1) is 5.54 Å². The summed E-state index contributed by atoms with van der Waals surface area (Å²) in [6, 6.07) is 20.0. The molecule has 0 spiro atoms. The minimum atomic E-state index is 0.527. The first-order chi connectivity index (χ1) is 8.88. The number of thioether (sulfide) groups is 1. The van der Waals surface area contributed by atoms with Crippen molar-refractivity contribution in [2.45, 2.75) is 11.5 Å².